The van der Waals surface area contributed by atoms with E-state index in [4.69, 9.17) is 5.73 Å². The molecule has 1 aliphatic heterocycles. The summed E-state index contributed by atoms with van der Waals surface area (Å²) in [6, 6.07) is 8.35. The Kier molecular flexibility index (Phi) is 5.51. The summed E-state index contributed by atoms with van der Waals surface area (Å²) in [5, 5.41) is 2.97. The fraction of sp³-hybridized carbons (Fsp3) is 0.579. The molecule has 1 heterocycles. The zero-order valence-electron chi connectivity index (χ0n) is 14.2. The van der Waals surface area contributed by atoms with Crippen molar-refractivity contribution in [2.45, 2.75) is 57.7 Å². The van der Waals surface area contributed by atoms with Gasteiger partial charge in [-0.2, -0.15) is 0 Å². The Morgan fingerprint density at radius 3 is 2.54 bits per heavy atom. The Morgan fingerprint density at radius 2 is 1.88 bits per heavy atom. The van der Waals surface area contributed by atoms with E-state index >= 15 is 0 Å². The van der Waals surface area contributed by atoms with Crippen molar-refractivity contribution in [2.24, 2.45) is 11.7 Å². The molecule has 0 bridgehead atoms. The van der Waals surface area contributed by atoms with E-state index < -0.39 is 0 Å². The minimum atomic E-state index is 0.0533. The van der Waals surface area contributed by atoms with Gasteiger partial charge in [-0.25, -0.2) is 0 Å². The summed E-state index contributed by atoms with van der Waals surface area (Å²) in [4.78, 5) is 26.3. The van der Waals surface area contributed by atoms with Crippen molar-refractivity contribution >= 4 is 11.8 Å². The average Bonchev–Trinajstić information content (AvgIpc) is 3.02. The number of nitrogens with one attached hydrogen (secondary N) is 1. The minimum Gasteiger partial charge on any atom is -0.356 e. The lowest BCUT2D eigenvalue weighted by atomic mass is 9.85. The molecule has 1 fully saturated rings. The van der Waals surface area contributed by atoms with Gasteiger partial charge in [0.25, 0.3) is 0 Å². The van der Waals surface area contributed by atoms with Gasteiger partial charge >= 0.3 is 0 Å². The van der Waals surface area contributed by atoms with Gasteiger partial charge in [0.2, 0.25) is 11.8 Å². The third kappa shape index (κ3) is 4.15. The number of hydrogen-bond donors (Lipinski definition) is 2. The summed E-state index contributed by atoms with van der Waals surface area (Å²) in [6.07, 6.45) is 4.96. The number of nitrogens with two attached hydrogens (primary N) is 1. The predicted octanol–water partition coefficient (Wildman–Crippen LogP) is 1.94. The monoisotopic (exact) mass is 329 g/mol. The number of fused-ring (bicyclic) bond motifs is 1. The highest BCUT2D eigenvalue weighted by Crippen LogP contribution is 2.24. The zero-order valence-corrected chi connectivity index (χ0v) is 14.2. The summed E-state index contributed by atoms with van der Waals surface area (Å²) in [5.74, 6) is 0.323. The van der Waals surface area contributed by atoms with Crippen LogP contribution in [0.4, 0.5) is 0 Å². The first-order chi connectivity index (χ1) is 11.6. The standard InChI is InChI=1S/C19H27N3O2/c20-17-8-3-7-14(11-17)19(24)21-10-4-9-18(23)22-12-15-5-1-2-6-16(15)13-22/h1-2,5-6,14,17H,3-4,7-13,20H2,(H,21,24). The molecule has 24 heavy (non-hydrogen) atoms. The van der Waals surface area contributed by atoms with Crippen LogP contribution in [0.2, 0.25) is 0 Å². The number of rotatable bonds is 5. The maximum atomic E-state index is 12.3. The number of hydrogen-bond acceptors (Lipinski definition) is 3. The van der Waals surface area contributed by atoms with Gasteiger partial charge in [0, 0.05) is 38.0 Å². The Hall–Kier alpha value is -1.88. The largest absolute Gasteiger partial charge is 0.356 e. The highest BCUT2D eigenvalue weighted by atomic mass is 16.2. The summed E-state index contributed by atoms with van der Waals surface area (Å²) in [6.45, 7) is 1.99. The van der Waals surface area contributed by atoms with Crippen LogP contribution in [0.1, 0.15) is 49.7 Å². The van der Waals surface area contributed by atoms with Crippen molar-refractivity contribution < 1.29 is 9.59 Å². The number of benzene rings is 1. The predicted molar refractivity (Wildman–Crippen MR) is 92.9 cm³/mol. The quantitative estimate of drug-likeness (QED) is 0.811. The fourth-order valence-corrected chi connectivity index (χ4v) is 3.73. The highest BCUT2D eigenvalue weighted by Gasteiger charge is 2.25. The first-order valence-corrected chi connectivity index (χ1v) is 9.01. The summed E-state index contributed by atoms with van der Waals surface area (Å²) < 4.78 is 0. The van der Waals surface area contributed by atoms with Crippen molar-refractivity contribution in [1.82, 2.24) is 10.2 Å². The average molecular weight is 329 g/mol. The molecule has 0 aromatic heterocycles. The molecule has 2 amide bonds. The molecule has 5 heteroatoms. The summed E-state index contributed by atoms with van der Waals surface area (Å²) in [5.41, 5.74) is 8.42. The Bertz CT molecular complexity index is 577. The molecule has 1 aromatic rings. The molecular formula is C19H27N3O2. The second-order valence-electron chi connectivity index (χ2n) is 7.04. The van der Waals surface area contributed by atoms with Gasteiger partial charge in [-0.1, -0.05) is 30.7 Å². The fourth-order valence-electron chi connectivity index (χ4n) is 3.73. The molecule has 2 atom stereocenters. The number of amides is 2. The van der Waals surface area contributed by atoms with E-state index in [9.17, 15) is 9.59 Å². The number of carbonyl (C=O) groups excluding carboxylic acids is 2. The van der Waals surface area contributed by atoms with Crippen molar-refractivity contribution in [1.29, 1.82) is 0 Å². The van der Waals surface area contributed by atoms with Gasteiger partial charge in [-0.3, -0.25) is 9.59 Å². The van der Waals surface area contributed by atoms with Gasteiger partial charge in [0.15, 0.2) is 0 Å². The van der Waals surface area contributed by atoms with Crippen molar-refractivity contribution in [3.63, 3.8) is 0 Å². The smallest absolute Gasteiger partial charge is 0.223 e. The third-order valence-electron chi connectivity index (χ3n) is 5.15. The molecule has 1 aromatic carbocycles. The summed E-state index contributed by atoms with van der Waals surface area (Å²) >= 11 is 0. The maximum Gasteiger partial charge on any atom is 0.223 e. The van der Waals surface area contributed by atoms with Crippen LogP contribution in [0.5, 0.6) is 0 Å². The Morgan fingerprint density at radius 1 is 1.17 bits per heavy atom. The molecule has 5 nitrogen and oxygen atoms in total. The van der Waals surface area contributed by atoms with Crippen LogP contribution in [0.25, 0.3) is 0 Å². The lowest BCUT2D eigenvalue weighted by Crippen LogP contribution is -2.38. The molecule has 130 valence electrons. The van der Waals surface area contributed by atoms with Crippen molar-refractivity contribution in [3.8, 4) is 0 Å². The van der Waals surface area contributed by atoms with Gasteiger partial charge in [-0.05, 0) is 36.8 Å². The van der Waals surface area contributed by atoms with E-state index in [1.807, 2.05) is 17.0 Å². The van der Waals surface area contributed by atoms with Crippen LogP contribution in [-0.4, -0.2) is 29.3 Å². The van der Waals surface area contributed by atoms with E-state index in [0.717, 1.165) is 25.7 Å². The highest BCUT2D eigenvalue weighted by molar-refractivity contribution is 5.79. The molecule has 2 unspecified atom stereocenters. The van der Waals surface area contributed by atoms with E-state index in [-0.39, 0.29) is 23.8 Å². The van der Waals surface area contributed by atoms with E-state index in [1.54, 1.807) is 0 Å². The van der Waals surface area contributed by atoms with E-state index in [2.05, 4.69) is 17.4 Å². The second kappa shape index (κ2) is 7.79. The normalized spacial score (nSPS) is 23.0. The maximum absolute atomic E-state index is 12.3. The van der Waals surface area contributed by atoms with E-state index in [0.29, 0.717) is 32.5 Å². The van der Waals surface area contributed by atoms with Crippen LogP contribution < -0.4 is 11.1 Å². The topological polar surface area (TPSA) is 75.4 Å². The molecule has 0 radical (unpaired) electrons. The van der Waals surface area contributed by atoms with Crippen molar-refractivity contribution in [3.05, 3.63) is 35.4 Å². The molecule has 3 rings (SSSR count). The van der Waals surface area contributed by atoms with Crippen LogP contribution >= 0.6 is 0 Å². The minimum absolute atomic E-state index is 0.0533. The van der Waals surface area contributed by atoms with Gasteiger partial charge in [-0.15, -0.1) is 0 Å². The number of nitrogens with zero attached hydrogens (tertiary/aromatic N) is 1. The first-order valence-electron chi connectivity index (χ1n) is 9.01. The molecular weight excluding hydrogens is 302 g/mol. The SMILES string of the molecule is NC1CCCC(C(=O)NCCCC(=O)N2Cc3ccccc3C2)C1. The van der Waals surface area contributed by atoms with Crippen LogP contribution in [-0.2, 0) is 22.7 Å². The van der Waals surface area contributed by atoms with Crippen LogP contribution in [0, 0.1) is 5.92 Å². The van der Waals surface area contributed by atoms with Crippen LogP contribution in [0.15, 0.2) is 24.3 Å². The zero-order chi connectivity index (χ0) is 16.9. The van der Waals surface area contributed by atoms with Crippen molar-refractivity contribution in [2.75, 3.05) is 6.54 Å². The van der Waals surface area contributed by atoms with Crippen LogP contribution in [0.3, 0.4) is 0 Å². The molecule has 2 aliphatic rings. The molecule has 3 N–H and O–H groups in total. The van der Waals surface area contributed by atoms with Gasteiger partial charge in [0.1, 0.15) is 0 Å². The second-order valence-corrected chi connectivity index (χ2v) is 7.04. The first kappa shape index (κ1) is 17.0. The third-order valence-corrected chi connectivity index (χ3v) is 5.15. The molecule has 0 spiro atoms. The number of carbonyl (C=O) groups is 2. The molecule has 1 aliphatic carbocycles. The van der Waals surface area contributed by atoms with Gasteiger partial charge in [0.05, 0.1) is 0 Å². The van der Waals surface area contributed by atoms with Gasteiger partial charge < -0.3 is 16.0 Å². The Balaban J connectivity index is 1.35. The van der Waals surface area contributed by atoms with E-state index in [1.165, 1.54) is 11.1 Å². The lowest BCUT2D eigenvalue weighted by molar-refractivity contribution is -0.132. The molecule has 0 saturated heterocycles. The summed E-state index contributed by atoms with van der Waals surface area (Å²) in [7, 11) is 0. The molecule has 1 saturated carbocycles. The Labute approximate surface area is 143 Å². The lowest BCUT2D eigenvalue weighted by Gasteiger charge is -2.25.